The van der Waals surface area contributed by atoms with Gasteiger partial charge in [0.05, 0.1) is 10.2 Å². The van der Waals surface area contributed by atoms with Gasteiger partial charge in [-0.25, -0.2) is 9.97 Å². The minimum atomic E-state index is 0.161. The molecule has 3 aliphatic heterocycles. The van der Waals surface area contributed by atoms with Crippen LogP contribution in [0.5, 0.6) is 0 Å². The average molecular weight is 498 g/mol. The zero-order chi connectivity index (χ0) is 24.5. The Hall–Kier alpha value is -2.22. The summed E-state index contributed by atoms with van der Waals surface area (Å²) in [7, 11) is 0. The molecule has 5 heterocycles. The van der Waals surface area contributed by atoms with E-state index in [2.05, 4.69) is 57.3 Å². The lowest BCUT2D eigenvalue weighted by Crippen LogP contribution is -2.59. The maximum atomic E-state index is 13.6. The Labute approximate surface area is 212 Å². The molecule has 190 valence electrons. The van der Waals surface area contributed by atoms with Gasteiger partial charge in [-0.2, -0.15) is 0 Å². The number of carbonyl (C=O) groups excluding carboxylic acids is 2. The van der Waals surface area contributed by atoms with Crippen molar-refractivity contribution >= 4 is 39.2 Å². The van der Waals surface area contributed by atoms with Crippen LogP contribution >= 0.6 is 11.3 Å². The summed E-state index contributed by atoms with van der Waals surface area (Å²) in [5.41, 5.74) is 1.01. The number of amides is 2. The van der Waals surface area contributed by atoms with E-state index in [1.165, 1.54) is 0 Å². The second-order valence-corrected chi connectivity index (χ2v) is 12.3. The molecule has 0 unspecified atom stereocenters. The van der Waals surface area contributed by atoms with E-state index in [-0.39, 0.29) is 18.0 Å². The van der Waals surface area contributed by atoms with Gasteiger partial charge < -0.3 is 15.1 Å². The number of aromatic nitrogens is 2. The molecule has 2 amide bonds. The first-order valence-corrected chi connectivity index (χ1v) is 14.3. The number of thiophene rings is 1. The van der Waals surface area contributed by atoms with Crippen molar-refractivity contribution in [3.05, 3.63) is 17.8 Å². The van der Waals surface area contributed by atoms with Crippen LogP contribution in [0.1, 0.15) is 65.7 Å². The summed E-state index contributed by atoms with van der Waals surface area (Å²) in [6.45, 7) is 9.21. The highest BCUT2D eigenvalue weighted by Gasteiger charge is 2.43. The fourth-order valence-electron chi connectivity index (χ4n) is 6.48. The van der Waals surface area contributed by atoms with E-state index in [1.54, 1.807) is 17.7 Å². The Morgan fingerprint density at radius 1 is 1.11 bits per heavy atom. The molecule has 2 aromatic rings. The van der Waals surface area contributed by atoms with Gasteiger partial charge >= 0.3 is 0 Å². The van der Waals surface area contributed by atoms with Gasteiger partial charge in [-0.1, -0.05) is 20.8 Å². The molecule has 7 nitrogen and oxygen atoms in total. The van der Waals surface area contributed by atoms with Gasteiger partial charge in [0.15, 0.2) is 0 Å². The molecule has 8 heteroatoms. The minimum absolute atomic E-state index is 0.161. The maximum Gasteiger partial charge on any atom is 0.223 e. The smallest absolute Gasteiger partial charge is 0.223 e. The van der Waals surface area contributed by atoms with Crippen LogP contribution in [0.2, 0.25) is 0 Å². The van der Waals surface area contributed by atoms with Gasteiger partial charge in [-0.05, 0) is 67.2 Å². The molecule has 5 rings (SSSR count). The molecular formula is C27H39N5O2S. The van der Waals surface area contributed by atoms with Crippen LogP contribution in [0.4, 0.5) is 5.82 Å². The van der Waals surface area contributed by atoms with Crippen molar-refractivity contribution in [1.29, 1.82) is 0 Å². The Kier molecular flexibility index (Phi) is 7.28. The van der Waals surface area contributed by atoms with E-state index in [9.17, 15) is 9.59 Å². The Morgan fingerprint density at radius 3 is 2.80 bits per heavy atom. The van der Waals surface area contributed by atoms with E-state index >= 15 is 0 Å². The second-order valence-electron chi connectivity index (χ2n) is 11.4. The summed E-state index contributed by atoms with van der Waals surface area (Å²) < 4.78 is 1.15. The zero-order valence-electron chi connectivity index (χ0n) is 21.3. The molecule has 0 aromatic carbocycles. The molecule has 0 radical (unpaired) electrons. The van der Waals surface area contributed by atoms with Crippen LogP contribution in [0.3, 0.4) is 0 Å². The average Bonchev–Trinajstić information content (AvgIpc) is 3.31. The maximum absolute atomic E-state index is 13.6. The quantitative estimate of drug-likeness (QED) is 0.662. The van der Waals surface area contributed by atoms with Gasteiger partial charge in [-0.3, -0.25) is 9.59 Å². The predicted molar refractivity (Wildman–Crippen MR) is 140 cm³/mol. The van der Waals surface area contributed by atoms with Crippen molar-refractivity contribution in [2.24, 2.45) is 23.7 Å². The summed E-state index contributed by atoms with van der Waals surface area (Å²) >= 11 is 1.70. The van der Waals surface area contributed by atoms with Crippen molar-refractivity contribution in [2.45, 2.75) is 77.8 Å². The van der Waals surface area contributed by atoms with Gasteiger partial charge in [0.1, 0.15) is 12.1 Å². The van der Waals surface area contributed by atoms with Crippen molar-refractivity contribution < 1.29 is 9.59 Å². The highest BCUT2D eigenvalue weighted by Crippen LogP contribution is 2.39. The minimum Gasteiger partial charge on any atom is -0.355 e. The van der Waals surface area contributed by atoms with Gasteiger partial charge in [0.25, 0.3) is 0 Å². The molecular weight excluding hydrogens is 458 g/mol. The number of piperidine rings is 2. The highest BCUT2D eigenvalue weighted by atomic mass is 32.1. The number of hydrogen-bond acceptors (Lipinski definition) is 6. The summed E-state index contributed by atoms with van der Waals surface area (Å²) in [6, 6.07) is 2.45. The summed E-state index contributed by atoms with van der Waals surface area (Å²) in [4.78, 5) is 40.1. The van der Waals surface area contributed by atoms with E-state index < -0.39 is 0 Å². The molecule has 0 aliphatic carbocycles. The normalized spacial score (nSPS) is 30.9. The SMILES string of the molecule is CC(C)[C@@H]1CC[C@@H](C)CC(=O)N2C[C@H]3C[C@H](CN(c4ncnc5ccsc45)C3)[C@@H]2CCCC(=O)N1. The monoisotopic (exact) mass is 497 g/mol. The van der Waals surface area contributed by atoms with Crippen molar-refractivity contribution in [1.82, 2.24) is 20.2 Å². The molecule has 5 atom stereocenters. The first kappa shape index (κ1) is 24.5. The van der Waals surface area contributed by atoms with E-state index in [0.29, 0.717) is 42.4 Å². The molecule has 0 saturated carbocycles. The van der Waals surface area contributed by atoms with E-state index in [4.69, 9.17) is 0 Å². The van der Waals surface area contributed by atoms with Crippen LogP contribution in [0.15, 0.2) is 17.8 Å². The van der Waals surface area contributed by atoms with Crippen LogP contribution in [0, 0.1) is 23.7 Å². The lowest BCUT2D eigenvalue weighted by atomic mass is 9.77. The summed E-state index contributed by atoms with van der Waals surface area (Å²) in [5.74, 6) is 3.11. The van der Waals surface area contributed by atoms with Crippen molar-refractivity contribution in [3.63, 3.8) is 0 Å². The molecule has 3 fully saturated rings. The topological polar surface area (TPSA) is 78.4 Å². The number of nitrogens with zero attached hydrogens (tertiary/aromatic N) is 4. The van der Waals surface area contributed by atoms with Gasteiger partial charge in [0.2, 0.25) is 11.8 Å². The molecule has 2 bridgehead atoms. The second kappa shape index (κ2) is 10.4. The Bertz CT molecular complexity index is 1060. The number of nitrogens with one attached hydrogen (secondary N) is 1. The third-order valence-corrected chi connectivity index (χ3v) is 9.26. The molecule has 3 saturated heterocycles. The molecule has 3 aliphatic rings. The van der Waals surface area contributed by atoms with Crippen molar-refractivity contribution in [3.8, 4) is 0 Å². The summed E-state index contributed by atoms with van der Waals surface area (Å²) in [5, 5.41) is 5.37. The lowest BCUT2D eigenvalue weighted by Gasteiger charge is -2.51. The van der Waals surface area contributed by atoms with Gasteiger partial charge in [-0.15, -0.1) is 11.3 Å². The van der Waals surface area contributed by atoms with Gasteiger partial charge in [0, 0.05) is 44.6 Å². The zero-order valence-corrected chi connectivity index (χ0v) is 22.1. The fourth-order valence-corrected chi connectivity index (χ4v) is 7.34. The number of hydrogen-bond donors (Lipinski definition) is 1. The Balaban J connectivity index is 1.36. The van der Waals surface area contributed by atoms with Crippen LogP contribution in [-0.4, -0.2) is 58.4 Å². The number of anilines is 1. The van der Waals surface area contributed by atoms with Crippen LogP contribution in [-0.2, 0) is 9.59 Å². The third-order valence-electron chi connectivity index (χ3n) is 8.36. The standard InChI is InChI=1S/C27H39N5O2S/c1-17(2)21-8-7-18(3)11-25(34)32-14-19-12-20(23(32)5-4-6-24(33)30-21)15-31(13-19)27-26-22(9-10-35-26)28-16-29-27/h9-10,16-21,23H,4-8,11-15H2,1-3H3,(H,30,33)/t18-,19+,20-,21+,23+/m1/s1. The first-order valence-electron chi connectivity index (χ1n) is 13.4. The lowest BCUT2D eigenvalue weighted by molar-refractivity contribution is -0.139. The number of rotatable bonds is 2. The van der Waals surface area contributed by atoms with Crippen LogP contribution in [0.25, 0.3) is 10.2 Å². The fraction of sp³-hybridized carbons (Fsp3) is 0.704. The molecule has 0 spiro atoms. The van der Waals surface area contributed by atoms with E-state index in [0.717, 1.165) is 67.8 Å². The number of carbonyl (C=O) groups is 2. The Morgan fingerprint density at radius 2 is 1.97 bits per heavy atom. The molecule has 2 aromatic heterocycles. The molecule has 35 heavy (non-hydrogen) atoms. The van der Waals surface area contributed by atoms with E-state index in [1.807, 2.05) is 0 Å². The van der Waals surface area contributed by atoms with Crippen molar-refractivity contribution in [2.75, 3.05) is 24.5 Å². The predicted octanol–water partition coefficient (Wildman–Crippen LogP) is 4.48. The third kappa shape index (κ3) is 5.32. The highest BCUT2D eigenvalue weighted by molar-refractivity contribution is 7.17. The number of fused-ring (bicyclic) bond motifs is 5. The first-order chi connectivity index (χ1) is 16.9. The van der Waals surface area contributed by atoms with Crippen LogP contribution < -0.4 is 10.2 Å². The summed E-state index contributed by atoms with van der Waals surface area (Å²) in [6.07, 6.45) is 7.61. The molecule has 1 N–H and O–H groups in total. The largest absolute Gasteiger partial charge is 0.355 e.